The van der Waals surface area contributed by atoms with Gasteiger partial charge in [0.15, 0.2) is 5.76 Å². The van der Waals surface area contributed by atoms with Crippen LogP contribution < -0.4 is 21.3 Å². The summed E-state index contributed by atoms with van der Waals surface area (Å²) in [7, 11) is 1.74. The van der Waals surface area contributed by atoms with Crippen LogP contribution in [-0.2, 0) is 16.0 Å². The van der Waals surface area contributed by atoms with Gasteiger partial charge in [-0.1, -0.05) is 30.3 Å². The molecule has 8 nitrogen and oxygen atoms in total. The van der Waals surface area contributed by atoms with Crippen LogP contribution in [0, 0.1) is 0 Å². The summed E-state index contributed by atoms with van der Waals surface area (Å²) >= 11 is 0. The molecule has 8 heteroatoms. The molecule has 0 saturated carbocycles. The van der Waals surface area contributed by atoms with E-state index in [2.05, 4.69) is 38.4 Å². The number of hydrogen-bond acceptors (Lipinski definition) is 6. The van der Waals surface area contributed by atoms with Gasteiger partial charge in [0.25, 0.3) is 0 Å². The van der Waals surface area contributed by atoms with Crippen molar-refractivity contribution in [1.29, 1.82) is 0 Å². The lowest BCUT2D eigenvalue weighted by Crippen LogP contribution is -2.35. The predicted molar refractivity (Wildman–Crippen MR) is 146 cm³/mol. The van der Waals surface area contributed by atoms with Gasteiger partial charge in [0.1, 0.15) is 0 Å². The van der Waals surface area contributed by atoms with Gasteiger partial charge in [0.2, 0.25) is 17.7 Å². The molecule has 190 valence electrons. The van der Waals surface area contributed by atoms with Gasteiger partial charge in [0.05, 0.1) is 18.8 Å². The van der Waals surface area contributed by atoms with Crippen molar-refractivity contribution in [1.82, 2.24) is 15.6 Å². The Labute approximate surface area is 216 Å². The van der Waals surface area contributed by atoms with E-state index in [-0.39, 0.29) is 24.4 Å². The maximum absolute atomic E-state index is 12.2. The van der Waals surface area contributed by atoms with Crippen LogP contribution in [0.3, 0.4) is 0 Å². The summed E-state index contributed by atoms with van der Waals surface area (Å²) in [5.74, 6) is 0.904. The Balaban J connectivity index is 1.27. The molecular weight excluding hydrogens is 466 g/mol. The van der Waals surface area contributed by atoms with Gasteiger partial charge in [-0.05, 0) is 81.0 Å². The molecule has 0 fully saturated rings. The van der Waals surface area contributed by atoms with Gasteiger partial charge >= 0.3 is 0 Å². The minimum atomic E-state index is -0.282. The van der Waals surface area contributed by atoms with Crippen molar-refractivity contribution in [3.05, 3.63) is 90.6 Å². The van der Waals surface area contributed by atoms with Crippen molar-refractivity contribution in [2.45, 2.75) is 19.4 Å². The first-order chi connectivity index (χ1) is 18.0. The first-order valence-electron chi connectivity index (χ1n) is 12.2. The highest BCUT2D eigenvalue weighted by Crippen LogP contribution is 2.27. The monoisotopic (exact) mass is 497 g/mol. The largest absolute Gasteiger partial charge is 0.436 e. The second-order valence-electron chi connectivity index (χ2n) is 8.64. The minimum absolute atomic E-state index is 0.0946. The lowest BCUT2D eigenvalue weighted by molar-refractivity contribution is -0.117. The van der Waals surface area contributed by atoms with E-state index in [0.29, 0.717) is 23.0 Å². The van der Waals surface area contributed by atoms with Crippen molar-refractivity contribution in [2.24, 2.45) is 0 Å². The van der Waals surface area contributed by atoms with Crippen LogP contribution in [0.5, 0.6) is 0 Å². The van der Waals surface area contributed by atoms with Crippen LogP contribution in [0.2, 0.25) is 0 Å². The zero-order valence-electron chi connectivity index (χ0n) is 21.0. The first-order valence-corrected chi connectivity index (χ1v) is 12.2. The third kappa shape index (κ3) is 7.36. The Bertz CT molecular complexity index is 1300. The Morgan fingerprint density at radius 3 is 2.19 bits per heavy atom. The molecule has 0 spiro atoms. The third-order valence-corrected chi connectivity index (χ3v) is 5.90. The van der Waals surface area contributed by atoms with E-state index in [4.69, 9.17) is 4.42 Å². The molecule has 1 aromatic heterocycles. The highest BCUT2D eigenvalue weighted by atomic mass is 16.4. The molecule has 0 bridgehead atoms. The van der Waals surface area contributed by atoms with Gasteiger partial charge in [0, 0.05) is 22.5 Å². The van der Waals surface area contributed by atoms with Crippen molar-refractivity contribution in [3.63, 3.8) is 0 Å². The van der Waals surface area contributed by atoms with E-state index < -0.39 is 0 Å². The number of oxazole rings is 1. The van der Waals surface area contributed by atoms with Gasteiger partial charge in [-0.2, -0.15) is 0 Å². The first kappa shape index (κ1) is 25.8. The number of carbonyl (C=O) groups excluding carboxylic acids is 2. The second-order valence-corrected chi connectivity index (χ2v) is 8.64. The molecule has 3 aromatic carbocycles. The Hall–Kier alpha value is -4.27. The maximum Gasteiger partial charge on any atom is 0.241 e. The number of likely N-dealkylation sites (N-methyl/N-ethyl adjacent to an activating group) is 1. The normalized spacial score (nSPS) is 11.6. The van der Waals surface area contributed by atoms with E-state index in [9.17, 15) is 9.59 Å². The summed E-state index contributed by atoms with van der Waals surface area (Å²) in [6.07, 6.45) is 2.54. The second kappa shape index (κ2) is 12.6. The van der Waals surface area contributed by atoms with E-state index >= 15 is 0 Å². The number of hydrogen-bond donors (Lipinski definition) is 4. The molecule has 0 radical (unpaired) electrons. The Morgan fingerprint density at radius 2 is 1.51 bits per heavy atom. The molecule has 0 aliphatic carbocycles. The average Bonchev–Trinajstić information content (AvgIpc) is 3.42. The third-order valence-electron chi connectivity index (χ3n) is 5.90. The molecule has 4 aromatic rings. The number of nitrogens with one attached hydrogen (secondary N) is 4. The molecule has 0 saturated heterocycles. The van der Waals surface area contributed by atoms with Crippen LogP contribution >= 0.6 is 0 Å². The lowest BCUT2D eigenvalue weighted by Gasteiger charge is -2.11. The zero-order chi connectivity index (χ0) is 26.0. The summed E-state index contributed by atoms with van der Waals surface area (Å²) in [6.45, 7) is 2.78. The van der Waals surface area contributed by atoms with Crippen molar-refractivity contribution in [2.75, 3.05) is 30.8 Å². The Morgan fingerprint density at radius 1 is 0.865 bits per heavy atom. The predicted octanol–water partition coefficient (Wildman–Crippen LogP) is 4.33. The lowest BCUT2D eigenvalue weighted by atomic mass is 10.1. The summed E-state index contributed by atoms with van der Waals surface area (Å²) < 4.78 is 5.95. The average molecular weight is 498 g/mol. The van der Waals surface area contributed by atoms with Crippen molar-refractivity contribution >= 4 is 23.2 Å². The molecular formula is C29H31N5O3. The Kier molecular flexibility index (Phi) is 8.80. The molecule has 1 atom stereocenters. The number of benzene rings is 3. The van der Waals surface area contributed by atoms with Gasteiger partial charge in [-0.3, -0.25) is 9.59 Å². The minimum Gasteiger partial charge on any atom is -0.436 e. The smallest absolute Gasteiger partial charge is 0.241 e. The maximum atomic E-state index is 12.2. The van der Waals surface area contributed by atoms with Crippen LogP contribution in [-0.4, -0.2) is 43.0 Å². The van der Waals surface area contributed by atoms with Crippen LogP contribution in [0.1, 0.15) is 12.5 Å². The molecule has 0 unspecified atom stereocenters. The van der Waals surface area contributed by atoms with E-state index in [1.54, 1.807) is 20.2 Å². The van der Waals surface area contributed by atoms with Crippen LogP contribution in [0.25, 0.3) is 22.8 Å². The van der Waals surface area contributed by atoms with Crippen LogP contribution in [0.15, 0.2) is 89.5 Å². The fourth-order valence-electron chi connectivity index (χ4n) is 3.62. The molecule has 37 heavy (non-hydrogen) atoms. The molecule has 0 aliphatic heterocycles. The van der Waals surface area contributed by atoms with E-state index in [0.717, 1.165) is 24.1 Å². The van der Waals surface area contributed by atoms with Gasteiger partial charge in [-0.15, -0.1) is 0 Å². The number of nitrogens with zero attached hydrogens (tertiary/aromatic N) is 1. The highest BCUT2D eigenvalue weighted by Gasteiger charge is 2.12. The molecule has 4 N–H and O–H groups in total. The van der Waals surface area contributed by atoms with Crippen molar-refractivity contribution < 1.29 is 14.0 Å². The number of anilines is 2. The quantitative estimate of drug-likeness (QED) is 0.230. The standard InChI is InChI=1S/C29H31N5O3/c1-20(30-2)28(36)34-25-14-10-23(11-15-25)29-32-18-26(37-29)22-8-12-24(13-9-22)33-27(35)19-31-17-16-21-6-4-3-5-7-21/h3-15,18,20,30-31H,16-17,19H2,1-2H3,(H,33,35)(H,34,36)/t20-/m0/s1. The summed E-state index contributed by atoms with van der Waals surface area (Å²) in [5.41, 5.74) is 4.30. The molecule has 4 rings (SSSR count). The zero-order valence-corrected chi connectivity index (χ0v) is 21.0. The molecule has 0 aliphatic rings. The number of aromatic nitrogens is 1. The number of carbonyl (C=O) groups is 2. The number of rotatable bonds is 11. The van der Waals surface area contributed by atoms with E-state index in [1.165, 1.54) is 5.56 Å². The topological polar surface area (TPSA) is 108 Å². The van der Waals surface area contributed by atoms with Gasteiger partial charge in [-0.25, -0.2) is 4.98 Å². The summed E-state index contributed by atoms with van der Waals surface area (Å²) in [5, 5.41) is 11.8. The van der Waals surface area contributed by atoms with Crippen LogP contribution in [0.4, 0.5) is 11.4 Å². The highest BCUT2D eigenvalue weighted by molar-refractivity contribution is 5.94. The fraction of sp³-hybridized carbons (Fsp3) is 0.207. The van der Waals surface area contributed by atoms with Crippen molar-refractivity contribution in [3.8, 4) is 22.8 Å². The van der Waals surface area contributed by atoms with Gasteiger partial charge < -0.3 is 25.7 Å². The molecule has 2 amide bonds. The summed E-state index contributed by atoms with van der Waals surface area (Å²) in [4.78, 5) is 28.6. The number of amides is 2. The summed E-state index contributed by atoms with van der Waals surface area (Å²) in [6, 6.07) is 24.6. The molecule has 1 heterocycles. The fourth-order valence-corrected chi connectivity index (χ4v) is 3.62. The van der Waals surface area contributed by atoms with E-state index in [1.807, 2.05) is 66.7 Å². The SMILES string of the molecule is CN[C@@H](C)C(=O)Nc1ccc(-c2ncc(-c3ccc(NC(=O)CNCCc4ccccc4)cc3)o2)cc1.